The first kappa shape index (κ1) is 19.6. The van der Waals surface area contributed by atoms with Gasteiger partial charge in [-0.05, 0) is 72.7 Å². The molecule has 0 bridgehead atoms. The number of rotatable bonds is 6. The number of hydrogen-bond donors (Lipinski definition) is 0. The van der Waals surface area contributed by atoms with Gasteiger partial charge in [-0.15, -0.1) is 0 Å². The van der Waals surface area contributed by atoms with Gasteiger partial charge in [0.1, 0.15) is 5.78 Å². The van der Waals surface area contributed by atoms with Gasteiger partial charge in [-0.3, -0.25) is 9.59 Å². The maximum absolute atomic E-state index is 13.4. The van der Waals surface area contributed by atoms with Gasteiger partial charge in [0.05, 0.1) is 5.41 Å². The van der Waals surface area contributed by atoms with E-state index in [0.29, 0.717) is 12.0 Å². The van der Waals surface area contributed by atoms with E-state index < -0.39 is 5.41 Å². The smallest absolute Gasteiger partial charge is 0.231 e. The standard InChI is InChI=1S/C27H24O4/c1-17-6-7-21(20-5-3-4-19(12-20)18(2)28)13-22(17)14-26(29)27(10-11-27)23-8-9-24-25(15-23)31-16-30-24/h3-9,12-13,15H,10-11,14,16H2,1-2H3. The Morgan fingerprint density at radius 2 is 1.68 bits per heavy atom. The highest BCUT2D eigenvalue weighted by molar-refractivity contribution is 5.96. The minimum Gasteiger partial charge on any atom is -0.454 e. The molecule has 0 atom stereocenters. The molecule has 31 heavy (non-hydrogen) atoms. The molecule has 3 aromatic carbocycles. The third kappa shape index (κ3) is 3.52. The van der Waals surface area contributed by atoms with E-state index in [4.69, 9.17) is 9.47 Å². The Kier molecular flexibility index (Phi) is 4.66. The molecule has 0 spiro atoms. The topological polar surface area (TPSA) is 52.6 Å². The number of ketones is 2. The third-order valence-electron chi connectivity index (χ3n) is 6.51. The summed E-state index contributed by atoms with van der Waals surface area (Å²) in [6.45, 7) is 3.85. The number of carbonyl (C=O) groups is 2. The molecule has 1 heterocycles. The summed E-state index contributed by atoms with van der Waals surface area (Å²) in [4.78, 5) is 25.2. The molecule has 0 saturated heterocycles. The molecule has 156 valence electrons. The van der Waals surface area contributed by atoms with Crippen molar-refractivity contribution in [1.29, 1.82) is 0 Å². The Bertz CT molecular complexity index is 1200. The highest BCUT2D eigenvalue weighted by Gasteiger charge is 2.50. The van der Waals surface area contributed by atoms with Gasteiger partial charge in [0.2, 0.25) is 6.79 Å². The molecule has 0 radical (unpaired) electrons. The highest BCUT2D eigenvalue weighted by Crippen LogP contribution is 2.51. The van der Waals surface area contributed by atoms with Gasteiger partial charge in [-0.2, -0.15) is 0 Å². The quantitative estimate of drug-likeness (QED) is 0.506. The van der Waals surface area contributed by atoms with E-state index in [1.54, 1.807) is 6.92 Å². The first-order valence-electron chi connectivity index (χ1n) is 10.6. The van der Waals surface area contributed by atoms with Gasteiger partial charge in [-0.25, -0.2) is 0 Å². The van der Waals surface area contributed by atoms with Crippen molar-refractivity contribution < 1.29 is 19.1 Å². The number of aryl methyl sites for hydroxylation is 1. The third-order valence-corrected chi connectivity index (χ3v) is 6.51. The van der Waals surface area contributed by atoms with Crippen molar-refractivity contribution in [1.82, 2.24) is 0 Å². The van der Waals surface area contributed by atoms with E-state index in [-0.39, 0.29) is 18.4 Å². The summed E-state index contributed by atoms with van der Waals surface area (Å²) in [7, 11) is 0. The van der Waals surface area contributed by atoms with Gasteiger partial charge in [0.15, 0.2) is 17.3 Å². The maximum atomic E-state index is 13.4. The fraction of sp³-hybridized carbons (Fsp3) is 0.259. The lowest BCUT2D eigenvalue weighted by Crippen LogP contribution is -2.22. The largest absolute Gasteiger partial charge is 0.454 e. The van der Waals surface area contributed by atoms with Gasteiger partial charge in [0, 0.05) is 12.0 Å². The van der Waals surface area contributed by atoms with E-state index in [9.17, 15) is 9.59 Å². The highest BCUT2D eigenvalue weighted by atomic mass is 16.7. The monoisotopic (exact) mass is 412 g/mol. The summed E-state index contributed by atoms with van der Waals surface area (Å²) < 4.78 is 10.9. The molecular weight excluding hydrogens is 388 g/mol. The Balaban J connectivity index is 1.42. The van der Waals surface area contributed by atoms with Crippen LogP contribution in [0.5, 0.6) is 11.5 Å². The van der Waals surface area contributed by atoms with Crippen LogP contribution in [0.15, 0.2) is 60.7 Å². The van der Waals surface area contributed by atoms with Gasteiger partial charge >= 0.3 is 0 Å². The lowest BCUT2D eigenvalue weighted by molar-refractivity contribution is -0.120. The number of hydrogen-bond acceptors (Lipinski definition) is 4. The fourth-order valence-corrected chi connectivity index (χ4v) is 4.35. The average molecular weight is 412 g/mol. The molecule has 1 fully saturated rings. The van der Waals surface area contributed by atoms with E-state index in [1.807, 2.05) is 55.5 Å². The number of fused-ring (bicyclic) bond motifs is 1. The van der Waals surface area contributed by atoms with Crippen LogP contribution in [0, 0.1) is 6.92 Å². The van der Waals surface area contributed by atoms with Crippen molar-refractivity contribution in [2.75, 3.05) is 6.79 Å². The molecule has 2 aliphatic rings. The van der Waals surface area contributed by atoms with Crippen molar-refractivity contribution in [3.8, 4) is 22.6 Å². The molecule has 4 nitrogen and oxygen atoms in total. The lowest BCUT2D eigenvalue weighted by atomic mass is 9.86. The molecule has 1 aliphatic carbocycles. The van der Waals surface area contributed by atoms with E-state index >= 15 is 0 Å². The van der Waals surface area contributed by atoms with Crippen molar-refractivity contribution >= 4 is 11.6 Å². The molecule has 0 amide bonds. The van der Waals surface area contributed by atoms with E-state index in [1.165, 1.54) is 0 Å². The number of ether oxygens (including phenoxy) is 2. The van der Waals surface area contributed by atoms with Gasteiger partial charge < -0.3 is 9.47 Å². The van der Waals surface area contributed by atoms with Crippen molar-refractivity contribution in [2.24, 2.45) is 0 Å². The van der Waals surface area contributed by atoms with Crippen LogP contribution in [0.1, 0.15) is 46.8 Å². The molecule has 0 N–H and O–H groups in total. The Hall–Kier alpha value is -3.40. The zero-order chi connectivity index (χ0) is 21.6. The molecule has 4 heteroatoms. The Labute approximate surface area is 181 Å². The van der Waals surface area contributed by atoms with Crippen molar-refractivity contribution in [3.63, 3.8) is 0 Å². The second-order valence-corrected chi connectivity index (χ2v) is 8.53. The summed E-state index contributed by atoms with van der Waals surface area (Å²) in [5, 5.41) is 0. The summed E-state index contributed by atoms with van der Waals surface area (Å²) in [5.74, 6) is 1.75. The lowest BCUT2D eigenvalue weighted by Gasteiger charge is -2.17. The molecule has 3 aromatic rings. The van der Waals surface area contributed by atoms with Crippen LogP contribution in [-0.4, -0.2) is 18.4 Å². The predicted molar refractivity (Wildman–Crippen MR) is 119 cm³/mol. The molecular formula is C27H24O4. The SMILES string of the molecule is CC(=O)c1cccc(-c2ccc(C)c(CC(=O)C3(c4ccc5c(c4)OCO5)CC3)c2)c1. The molecule has 5 rings (SSSR count). The average Bonchev–Trinajstić information content (AvgIpc) is 3.46. The first-order valence-corrected chi connectivity index (χ1v) is 10.6. The van der Waals surface area contributed by atoms with Gasteiger partial charge in [-0.1, -0.05) is 42.5 Å². The summed E-state index contributed by atoms with van der Waals surface area (Å²) in [5.41, 5.74) is 5.42. The Morgan fingerprint density at radius 3 is 2.45 bits per heavy atom. The normalized spacial score (nSPS) is 15.5. The van der Waals surface area contributed by atoms with Crippen LogP contribution in [0.3, 0.4) is 0 Å². The molecule has 0 unspecified atom stereocenters. The summed E-state index contributed by atoms with van der Waals surface area (Å²) in [6, 6.07) is 19.7. The number of benzene rings is 3. The fourth-order valence-electron chi connectivity index (χ4n) is 4.35. The number of carbonyl (C=O) groups excluding carboxylic acids is 2. The molecule has 1 saturated carbocycles. The van der Waals surface area contributed by atoms with Crippen LogP contribution >= 0.6 is 0 Å². The zero-order valence-corrected chi connectivity index (χ0v) is 17.7. The maximum Gasteiger partial charge on any atom is 0.231 e. The number of Topliss-reactive ketones (excluding diaryl/α,β-unsaturated/α-hetero) is 2. The van der Waals surface area contributed by atoms with E-state index in [0.717, 1.165) is 52.2 Å². The minimum absolute atomic E-state index is 0.0452. The van der Waals surface area contributed by atoms with Crippen LogP contribution in [0.25, 0.3) is 11.1 Å². The summed E-state index contributed by atoms with van der Waals surface area (Å²) in [6.07, 6.45) is 2.12. The van der Waals surface area contributed by atoms with Crippen molar-refractivity contribution in [2.45, 2.75) is 38.5 Å². The zero-order valence-electron chi connectivity index (χ0n) is 17.7. The van der Waals surface area contributed by atoms with Crippen LogP contribution < -0.4 is 9.47 Å². The predicted octanol–water partition coefficient (Wildman–Crippen LogP) is 5.44. The second-order valence-electron chi connectivity index (χ2n) is 8.53. The molecule has 0 aromatic heterocycles. The van der Waals surface area contributed by atoms with Crippen LogP contribution in [0.2, 0.25) is 0 Å². The second kappa shape index (κ2) is 7.38. The minimum atomic E-state index is -0.419. The molecule has 1 aliphatic heterocycles. The first-order chi connectivity index (χ1) is 15.0. The summed E-state index contributed by atoms with van der Waals surface area (Å²) >= 11 is 0. The van der Waals surface area contributed by atoms with Crippen LogP contribution in [-0.2, 0) is 16.6 Å². The van der Waals surface area contributed by atoms with Crippen LogP contribution in [0.4, 0.5) is 0 Å². The van der Waals surface area contributed by atoms with Crippen molar-refractivity contribution in [3.05, 3.63) is 82.9 Å². The van der Waals surface area contributed by atoms with Gasteiger partial charge in [0.25, 0.3) is 0 Å². The van der Waals surface area contributed by atoms with E-state index in [2.05, 4.69) is 12.1 Å². The Morgan fingerprint density at radius 1 is 0.903 bits per heavy atom.